The summed E-state index contributed by atoms with van der Waals surface area (Å²) in [4.78, 5) is 25.1. The van der Waals surface area contributed by atoms with Gasteiger partial charge in [0.15, 0.2) is 0 Å². The Morgan fingerprint density at radius 2 is 1.81 bits per heavy atom. The highest BCUT2D eigenvalue weighted by molar-refractivity contribution is 6.10. The zero-order valence-corrected chi connectivity index (χ0v) is 15.2. The molecule has 0 radical (unpaired) electrons. The fourth-order valence-corrected chi connectivity index (χ4v) is 3.87. The maximum Gasteiger partial charge on any atom is 0.328 e. The molecule has 1 aliphatic rings. The van der Waals surface area contributed by atoms with Crippen molar-refractivity contribution in [2.45, 2.75) is 44.6 Å². The molecule has 1 fully saturated rings. The summed E-state index contributed by atoms with van der Waals surface area (Å²) < 4.78 is 4.92. The Kier molecular flexibility index (Phi) is 5.76. The van der Waals surface area contributed by atoms with E-state index in [2.05, 4.69) is 5.32 Å². The predicted molar refractivity (Wildman–Crippen MR) is 103 cm³/mol. The van der Waals surface area contributed by atoms with E-state index in [9.17, 15) is 9.59 Å². The first-order valence-electron chi connectivity index (χ1n) is 9.26. The van der Waals surface area contributed by atoms with Crippen LogP contribution in [0.3, 0.4) is 0 Å². The van der Waals surface area contributed by atoms with Gasteiger partial charge in [-0.25, -0.2) is 4.79 Å². The summed E-state index contributed by atoms with van der Waals surface area (Å²) in [6, 6.07) is 10.3. The Morgan fingerprint density at radius 1 is 1.12 bits per heavy atom. The molecule has 0 spiro atoms. The van der Waals surface area contributed by atoms with Crippen LogP contribution in [-0.4, -0.2) is 25.0 Å². The van der Waals surface area contributed by atoms with Gasteiger partial charge in [0.2, 0.25) is 0 Å². The molecule has 1 amide bonds. The van der Waals surface area contributed by atoms with Crippen molar-refractivity contribution < 1.29 is 14.3 Å². The molecule has 1 atom stereocenters. The van der Waals surface area contributed by atoms with Crippen LogP contribution < -0.4 is 11.1 Å². The number of nitrogen functional groups attached to an aromatic ring is 1. The second-order valence-corrected chi connectivity index (χ2v) is 7.04. The molecule has 26 heavy (non-hydrogen) atoms. The molecule has 1 aliphatic carbocycles. The van der Waals surface area contributed by atoms with E-state index in [1.807, 2.05) is 24.3 Å². The van der Waals surface area contributed by atoms with Gasteiger partial charge < -0.3 is 15.8 Å². The van der Waals surface area contributed by atoms with Gasteiger partial charge in [0.25, 0.3) is 5.91 Å². The van der Waals surface area contributed by atoms with Crippen LogP contribution in [0.1, 0.15) is 48.9 Å². The van der Waals surface area contributed by atoms with E-state index in [0.717, 1.165) is 23.6 Å². The predicted octanol–water partition coefficient (Wildman–Crippen LogP) is 3.66. The molecule has 0 saturated heterocycles. The van der Waals surface area contributed by atoms with Crippen molar-refractivity contribution in [2.75, 3.05) is 12.8 Å². The number of hydrogen-bond acceptors (Lipinski definition) is 4. The van der Waals surface area contributed by atoms with Gasteiger partial charge in [-0.05, 0) is 29.9 Å². The number of methoxy groups -OCH3 is 1. The zero-order valence-electron chi connectivity index (χ0n) is 15.2. The topological polar surface area (TPSA) is 81.4 Å². The number of ether oxygens (including phenoxy) is 1. The van der Waals surface area contributed by atoms with E-state index in [-0.39, 0.29) is 11.9 Å². The van der Waals surface area contributed by atoms with Gasteiger partial charge >= 0.3 is 5.97 Å². The lowest BCUT2D eigenvalue weighted by molar-refractivity contribution is -0.143. The minimum atomic E-state index is -0.619. The third-order valence-electron chi connectivity index (χ3n) is 5.29. The van der Waals surface area contributed by atoms with Gasteiger partial charge in [0.05, 0.1) is 7.11 Å². The molecule has 138 valence electrons. The number of carbonyl (C=O) groups excluding carboxylic acids is 2. The van der Waals surface area contributed by atoms with E-state index in [4.69, 9.17) is 10.5 Å². The van der Waals surface area contributed by atoms with Crippen LogP contribution >= 0.6 is 0 Å². The zero-order chi connectivity index (χ0) is 18.5. The summed E-state index contributed by atoms with van der Waals surface area (Å²) in [7, 11) is 1.36. The number of esters is 1. The van der Waals surface area contributed by atoms with Crippen LogP contribution in [-0.2, 0) is 9.53 Å². The summed E-state index contributed by atoms with van der Waals surface area (Å²) in [6.45, 7) is 0. The highest BCUT2D eigenvalue weighted by Crippen LogP contribution is 2.28. The molecule has 2 aromatic rings. The monoisotopic (exact) mass is 354 g/mol. The molecule has 0 heterocycles. The van der Waals surface area contributed by atoms with Crippen LogP contribution in [0, 0.1) is 5.92 Å². The third kappa shape index (κ3) is 3.98. The Hall–Kier alpha value is -2.56. The lowest BCUT2D eigenvalue weighted by Crippen LogP contribution is -2.43. The molecule has 0 aromatic heterocycles. The third-order valence-corrected chi connectivity index (χ3v) is 5.29. The van der Waals surface area contributed by atoms with Crippen molar-refractivity contribution >= 4 is 28.3 Å². The van der Waals surface area contributed by atoms with Crippen molar-refractivity contribution in [3.8, 4) is 0 Å². The summed E-state index contributed by atoms with van der Waals surface area (Å²) in [5, 5.41) is 4.51. The van der Waals surface area contributed by atoms with Gasteiger partial charge in [0.1, 0.15) is 6.04 Å². The summed E-state index contributed by atoms with van der Waals surface area (Å²) >= 11 is 0. The number of rotatable bonds is 5. The number of hydrogen-bond donors (Lipinski definition) is 2. The fourth-order valence-electron chi connectivity index (χ4n) is 3.87. The molecule has 2 aromatic carbocycles. The lowest BCUT2D eigenvalue weighted by atomic mass is 9.84. The molecule has 0 aliphatic heterocycles. The average Bonchev–Trinajstić information content (AvgIpc) is 2.68. The van der Waals surface area contributed by atoms with E-state index in [1.165, 1.54) is 26.4 Å². The van der Waals surface area contributed by atoms with Gasteiger partial charge in [-0.3, -0.25) is 4.79 Å². The molecular weight excluding hydrogens is 328 g/mol. The second-order valence-electron chi connectivity index (χ2n) is 7.04. The minimum absolute atomic E-state index is 0.271. The van der Waals surface area contributed by atoms with Crippen LogP contribution in [0.2, 0.25) is 0 Å². The first-order chi connectivity index (χ1) is 12.6. The summed E-state index contributed by atoms with van der Waals surface area (Å²) in [5.74, 6) is -0.201. The highest BCUT2D eigenvalue weighted by atomic mass is 16.5. The van der Waals surface area contributed by atoms with Crippen molar-refractivity contribution in [1.82, 2.24) is 5.32 Å². The number of carbonyl (C=O) groups is 2. The number of anilines is 1. The van der Waals surface area contributed by atoms with Crippen LogP contribution in [0.15, 0.2) is 36.4 Å². The van der Waals surface area contributed by atoms with E-state index >= 15 is 0 Å². The highest BCUT2D eigenvalue weighted by Gasteiger charge is 2.27. The van der Waals surface area contributed by atoms with Crippen LogP contribution in [0.5, 0.6) is 0 Å². The molecule has 0 bridgehead atoms. The maximum atomic E-state index is 12.9. The SMILES string of the molecule is COC(=O)C(CC1CCCCC1)NC(=O)c1ccc(N)c2ccccc12. The van der Waals surface area contributed by atoms with E-state index in [0.29, 0.717) is 23.6 Å². The average molecular weight is 354 g/mol. The second kappa shape index (κ2) is 8.21. The van der Waals surface area contributed by atoms with Crippen molar-refractivity contribution in [1.29, 1.82) is 0 Å². The van der Waals surface area contributed by atoms with E-state index in [1.54, 1.807) is 12.1 Å². The van der Waals surface area contributed by atoms with Crippen LogP contribution in [0.25, 0.3) is 10.8 Å². The van der Waals surface area contributed by atoms with Crippen molar-refractivity contribution in [3.63, 3.8) is 0 Å². The van der Waals surface area contributed by atoms with Crippen molar-refractivity contribution in [3.05, 3.63) is 42.0 Å². The van der Waals surface area contributed by atoms with Gasteiger partial charge in [-0.1, -0.05) is 56.4 Å². The Bertz CT molecular complexity index is 797. The Labute approximate surface area is 153 Å². The molecule has 3 rings (SSSR count). The largest absolute Gasteiger partial charge is 0.467 e. The number of fused-ring (bicyclic) bond motifs is 1. The number of benzene rings is 2. The van der Waals surface area contributed by atoms with E-state index < -0.39 is 6.04 Å². The van der Waals surface area contributed by atoms with Gasteiger partial charge in [0, 0.05) is 16.6 Å². The quantitative estimate of drug-likeness (QED) is 0.634. The molecule has 5 heteroatoms. The Morgan fingerprint density at radius 3 is 2.50 bits per heavy atom. The first kappa shape index (κ1) is 18.2. The first-order valence-corrected chi connectivity index (χ1v) is 9.26. The molecule has 1 unspecified atom stereocenters. The van der Waals surface area contributed by atoms with Gasteiger partial charge in [-0.2, -0.15) is 0 Å². The smallest absolute Gasteiger partial charge is 0.328 e. The van der Waals surface area contributed by atoms with Crippen molar-refractivity contribution in [2.24, 2.45) is 5.92 Å². The molecule has 5 nitrogen and oxygen atoms in total. The normalized spacial score (nSPS) is 16.2. The molecule has 1 saturated carbocycles. The molecular formula is C21H26N2O3. The Balaban J connectivity index is 1.81. The minimum Gasteiger partial charge on any atom is -0.467 e. The fraction of sp³-hybridized carbons (Fsp3) is 0.429. The standard InChI is InChI=1S/C21H26N2O3/c1-26-21(25)19(13-14-7-3-2-4-8-14)23-20(24)17-11-12-18(22)16-10-6-5-9-15(16)17/h5-6,9-12,14,19H,2-4,7-8,13,22H2,1H3,(H,23,24). The number of nitrogens with two attached hydrogens (primary N) is 1. The van der Waals surface area contributed by atoms with Gasteiger partial charge in [-0.15, -0.1) is 0 Å². The van der Waals surface area contributed by atoms with Crippen LogP contribution in [0.4, 0.5) is 5.69 Å². The summed E-state index contributed by atoms with van der Waals surface area (Å²) in [6.07, 6.45) is 6.47. The molecule has 3 N–H and O–H groups in total. The lowest BCUT2D eigenvalue weighted by Gasteiger charge is -2.26. The number of nitrogens with one attached hydrogen (secondary N) is 1. The maximum absolute atomic E-state index is 12.9. The summed E-state index contributed by atoms with van der Waals surface area (Å²) in [5.41, 5.74) is 7.16. The number of amides is 1.